The number of carbonyl (C=O) groups is 2. The first kappa shape index (κ1) is 19.6. The van der Waals surface area contributed by atoms with Gasteiger partial charge in [-0.1, -0.05) is 36.7 Å². The zero-order valence-electron chi connectivity index (χ0n) is 14.9. The number of fused-ring (bicyclic) bond motifs is 1. The third-order valence-electron chi connectivity index (χ3n) is 4.05. The highest BCUT2D eigenvalue weighted by Crippen LogP contribution is 2.37. The molecular weight excluding hydrogens is 386 g/mol. The second-order valence-electron chi connectivity index (χ2n) is 6.14. The van der Waals surface area contributed by atoms with Crippen molar-refractivity contribution in [1.82, 2.24) is 0 Å². The predicted molar refractivity (Wildman–Crippen MR) is 107 cm³/mol. The zero-order chi connectivity index (χ0) is 19.2. The SMILES string of the molecule is C[C@@H]1CCN(C(=O)COC(=O)COc2cccc(Cl)c2)c2ccccc2S1. The Labute approximate surface area is 167 Å². The highest BCUT2D eigenvalue weighted by atomic mass is 35.5. The van der Waals surface area contributed by atoms with E-state index in [-0.39, 0.29) is 19.1 Å². The average molecular weight is 406 g/mol. The van der Waals surface area contributed by atoms with Gasteiger partial charge in [-0.2, -0.15) is 0 Å². The van der Waals surface area contributed by atoms with Crippen molar-refractivity contribution in [2.24, 2.45) is 0 Å². The van der Waals surface area contributed by atoms with Crippen LogP contribution in [0.2, 0.25) is 5.02 Å². The number of nitrogens with zero attached hydrogens (tertiary/aromatic N) is 1. The van der Waals surface area contributed by atoms with Crippen LogP contribution in [0.4, 0.5) is 5.69 Å². The van der Waals surface area contributed by atoms with Crippen molar-refractivity contribution in [3.8, 4) is 5.75 Å². The smallest absolute Gasteiger partial charge is 0.344 e. The van der Waals surface area contributed by atoms with Gasteiger partial charge in [0.25, 0.3) is 5.91 Å². The molecule has 0 fully saturated rings. The Kier molecular flexibility index (Phi) is 6.63. The number of anilines is 1. The van der Waals surface area contributed by atoms with Gasteiger partial charge in [0.2, 0.25) is 0 Å². The van der Waals surface area contributed by atoms with Gasteiger partial charge >= 0.3 is 5.97 Å². The fraction of sp³-hybridized carbons (Fsp3) is 0.300. The lowest BCUT2D eigenvalue weighted by atomic mass is 10.2. The van der Waals surface area contributed by atoms with Crippen LogP contribution in [-0.2, 0) is 14.3 Å². The largest absolute Gasteiger partial charge is 0.482 e. The summed E-state index contributed by atoms with van der Waals surface area (Å²) in [6.45, 7) is 2.14. The lowest BCUT2D eigenvalue weighted by Crippen LogP contribution is -2.36. The van der Waals surface area contributed by atoms with E-state index in [0.717, 1.165) is 17.0 Å². The summed E-state index contributed by atoms with van der Waals surface area (Å²) in [4.78, 5) is 27.3. The van der Waals surface area contributed by atoms with Crippen LogP contribution in [0.5, 0.6) is 5.75 Å². The number of hydrogen-bond acceptors (Lipinski definition) is 5. The number of carbonyl (C=O) groups excluding carboxylic acids is 2. The Balaban J connectivity index is 1.55. The van der Waals surface area contributed by atoms with E-state index in [2.05, 4.69) is 6.92 Å². The molecule has 1 aliphatic rings. The number of rotatable bonds is 5. The van der Waals surface area contributed by atoms with Crippen LogP contribution < -0.4 is 9.64 Å². The normalized spacial score (nSPS) is 16.2. The summed E-state index contributed by atoms with van der Waals surface area (Å²) in [5, 5.41) is 0.931. The van der Waals surface area contributed by atoms with E-state index in [1.807, 2.05) is 24.3 Å². The number of para-hydroxylation sites is 1. The standard InChI is InChI=1S/C20H20ClNO4S/c1-14-9-10-22(17-7-2-3-8-18(17)27-14)19(23)12-26-20(24)13-25-16-6-4-5-15(21)11-16/h2-8,11,14H,9-10,12-13H2,1H3/t14-/m1/s1. The fourth-order valence-corrected chi connectivity index (χ4v) is 4.00. The Morgan fingerprint density at radius 1 is 1.19 bits per heavy atom. The lowest BCUT2D eigenvalue weighted by molar-refractivity contribution is -0.149. The number of esters is 1. The van der Waals surface area contributed by atoms with Gasteiger partial charge < -0.3 is 14.4 Å². The third kappa shape index (κ3) is 5.40. The van der Waals surface area contributed by atoms with Crippen molar-refractivity contribution >= 4 is 40.9 Å². The molecule has 0 bridgehead atoms. The molecule has 142 valence electrons. The molecule has 2 aromatic rings. The summed E-state index contributed by atoms with van der Waals surface area (Å²) in [6.07, 6.45) is 0.872. The quantitative estimate of drug-likeness (QED) is 0.698. The zero-order valence-corrected chi connectivity index (χ0v) is 16.5. The maximum atomic E-state index is 12.6. The van der Waals surface area contributed by atoms with Crippen molar-refractivity contribution in [3.05, 3.63) is 53.6 Å². The summed E-state index contributed by atoms with van der Waals surface area (Å²) in [5.74, 6) is -0.374. The van der Waals surface area contributed by atoms with Crippen LogP contribution in [0.15, 0.2) is 53.4 Å². The van der Waals surface area contributed by atoms with Crippen LogP contribution >= 0.6 is 23.4 Å². The molecule has 0 unspecified atom stereocenters. The van der Waals surface area contributed by atoms with Gasteiger partial charge in [-0.3, -0.25) is 4.79 Å². The molecule has 0 radical (unpaired) electrons. The number of benzene rings is 2. The first-order valence-corrected chi connectivity index (χ1v) is 9.89. The van der Waals surface area contributed by atoms with Crippen molar-refractivity contribution in [2.75, 3.05) is 24.7 Å². The highest BCUT2D eigenvalue weighted by molar-refractivity contribution is 8.00. The van der Waals surface area contributed by atoms with Gasteiger partial charge in [0.05, 0.1) is 5.69 Å². The van der Waals surface area contributed by atoms with Crippen LogP contribution in [0.1, 0.15) is 13.3 Å². The van der Waals surface area contributed by atoms with Gasteiger partial charge in [0.15, 0.2) is 13.2 Å². The van der Waals surface area contributed by atoms with Crippen molar-refractivity contribution in [1.29, 1.82) is 0 Å². The van der Waals surface area contributed by atoms with Crippen molar-refractivity contribution in [2.45, 2.75) is 23.5 Å². The van der Waals surface area contributed by atoms with Crippen molar-refractivity contribution in [3.63, 3.8) is 0 Å². The average Bonchev–Trinajstić information content (AvgIpc) is 2.82. The molecule has 2 aromatic carbocycles. The molecular formula is C20H20ClNO4S. The van der Waals surface area contributed by atoms with Crippen molar-refractivity contribution < 1.29 is 19.1 Å². The lowest BCUT2D eigenvalue weighted by Gasteiger charge is -2.22. The molecule has 1 heterocycles. The Bertz CT molecular complexity index is 829. The minimum atomic E-state index is -0.603. The minimum Gasteiger partial charge on any atom is -0.482 e. The first-order valence-electron chi connectivity index (χ1n) is 8.63. The summed E-state index contributed by atoms with van der Waals surface area (Å²) in [6, 6.07) is 14.5. The number of halogens is 1. The topological polar surface area (TPSA) is 55.8 Å². The number of thioether (sulfide) groups is 1. The van der Waals surface area contributed by atoms with E-state index >= 15 is 0 Å². The molecule has 3 rings (SSSR count). The molecule has 0 N–H and O–H groups in total. The first-order chi connectivity index (χ1) is 13.0. The summed E-state index contributed by atoms with van der Waals surface area (Å²) in [7, 11) is 0. The molecule has 0 spiro atoms. The third-order valence-corrected chi connectivity index (χ3v) is 5.53. The van der Waals surface area contributed by atoms with Crippen LogP contribution in [0, 0.1) is 0 Å². The Morgan fingerprint density at radius 2 is 2.00 bits per heavy atom. The summed E-state index contributed by atoms with van der Waals surface area (Å²) >= 11 is 7.62. The fourth-order valence-electron chi connectivity index (χ4n) is 2.71. The highest BCUT2D eigenvalue weighted by Gasteiger charge is 2.24. The molecule has 0 aromatic heterocycles. The molecule has 1 atom stereocenters. The molecule has 1 aliphatic heterocycles. The van der Waals surface area contributed by atoms with Gasteiger partial charge in [-0.25, -0.2) is 4.79 Å². The second-order valence-corrected chi connectivity index (χ2v) is 8.05. The molecule has 0 aliphatic carbocycles. The summed E-state index contributed by atoms with van der Waals surface area (Å²) < 4.78 is 10.4. The van der Waals surface area contributed by atoms with E-state index < -0.39 is 5.97 Å². The maximum Gasteiger partial charge on any atom is 0.344 e. The predicted octanol–water partition coefficient (Wildman–Crippen LogP) is 4.18. The second kappa shape index (κ2) is 9.15. The van der Waals surface area contributed by atoms with E-state index in [0.29, 0.717) is 22.6 Å². The van der Waals surface area contributed by atoms with Gasteiger partial charge in [0, 0.05) is 21.7 Å². The Hall–Kier alpha value is -2.18. The van der Waals surface area contributed by atoms with E-state index in [9.17, 15) is 9.59 Å². The maximum absolute atomic E-state index is 12.6. The molecule has 7 heteroatoms. The molecule has 27 heavy (non-hydrogen) atoms. The van der Waals surface area contributed by atoms with Gasteiger partial charge in [0.1, 0.15) is 5.75 Å². The molecule has 5 nitrogen and oxygen atoms in total. The molecule has 0 saturated heterocycles. The molecule has 0 saturated carbocycles. The van der Waals surface area contributed by atoms with E-state index in [4.69, 9.17) is 21.1 Å². The monoisotopic (exact) mass is 405 g/mol. The van der Waals surface area contributed by atoms with Crippen LogP contribution in [0.25, 0.3) is 0 Å². The number of ether oxygens (including phenoxy) is 2. The summed E-state index contributed by atoms with van der Waals surface area (Å²) in [5.41, 5.74) is 0.864. The van der Waals surface area contributed by atoms with Gasteiger partial charge in [-0.05, 0) is 36.8 Å². The van der Waals surface area contributed by atoms with E-state index in [1.54, 1.807) is 40.9 Å². The number of hydrogen-bond donors (Lipinski definition) is 0. The minimum absolute atomic E-state index is 0.242. The van der Waals surface area contributed by atoms with E-state index in [1.165, 1.54) is 0 Å². The van der Waals surface area contributed by atoms with Crippen LogP contribution in [0.3, 0.4) is 0 Å². The number of amides is 1. The molecule has 1 amide bonds. The van der Waals surface area contributed by atoms with Crippen LogP contribution in [-0.4, -0.2) is 36.9 Å². The Morgan fingerprint density at radius 3 is 2.81 bits per heavy atom. The van der Waals surface area contributed by atoms with Gasteiger partial charge in [-0.15, -0.1) is 11.8 Å².